The number of amides is 1. The summed E-state index contributed by atoms with van der Waals surface area (Å²) in [6, 6.07) is 6.60. The molecule has 0 saturated heterocycles. The van der Waals surface area contributed by atoms with Crippen molar-refractivity contribution in [3.63, 3.8) is 0 Å². The Morgan fingerprint density at radius 1 is 1.37 bits per heavy atom. The summed E-state index contributed by atoms with van der Waals surface area (Å²) >= 11 is 0. The normalized spacial score (nSPS) is 11.8. The molecule has 19 heavy (non-hydrogen) atoms. The maximum atomic E-state index is 11.7. The molecule has 2 aromatic rings. The van der Waals surface area contributed by atoms with Crippen molar-refractivity contribution in [2.45, 2.75) is 12.5 Å². The lowest BCUT2D eigenvalue weighted by Crippen LogP contribution is -2.35. The molecular weight excluding hydrogens is 242 g/mol. The molecule has 1 atom stereocenters. The van der Waals surface area contributed by atoms with Gasteiger partial charge in [-0.2, -0.15) is 15.0 Å². The average Bonchev–Trinajstić information content (AvgIpc) is 2.94. The second-order valence-electron chi connectivity index (χ2n) is 3.99. The van der Waals surface area contributed by atoms with Gasteiger partial charge in [-0.3, -0.25) is 4.79 Å². The highest BCUT2D eigenvalue weighted by Crippen LogP contribution is 2.12. The molecule has 1 amide bonds. The molecule has 0 fully saturated rings. The number of anilines is 1. The van der Waals surface area contributed by atoms with Crippen LogP contribution in [0, 0.1) is 0 Å². The van der Waals surface area contributed by atoms with Gasteiger partial charge >= 0.3 is 0 Å². The van der Waals surface area contributed by atoms with E-state index in [1.807, 2.05) is 12.1 Å². The molecule has 0 aliphatic heterocycles. The third-order valence-electron chi connectivity index (χ3n) is 2.54. The number of carbonyl (C=O) groups excluding carboxylic acids is 1. The van der Waals surface area contributed by atoms with Gasteiger partial charge in [-0.05, 0) is 30.7 Å². The molecule has 1 aromatic carbocycles. The van der Waals surface area contributed by atoms with Crippen molar-refractivity contribution in [2.75, 3.05) is 5.32 Å². The Morgan fingerprint density at radius 2 is 2.00 bits per heavy atom. The van der Waals surface area contributed by atoms with Gasteiger partial charge in [0.2, 0.25) is 5.91 Å². The minimum Gasteiger partial charge on any atom is -0.325 e. The topological polar surface area (TPSA) is 85.8 Å². The van der Waals surface area contributed by atoms with Gasteiger partial charge in [-0.25, -0.2) is 0 Å². The van der Waals surface area contributed by atoms with E-state index >= 15 is 0 Å². The number of carbonyl (C=O) groups is 1. The molecule has 0 radical (unpaired) electrons. The number of nitrogens with zero attached hydrogens (tertiary/aromatic N) is 3. The number of nitrogens with two attached hydrogens (primary N) is 1. The molecule has 6 heteroatoms. The molecular formula is C13H15N5O. The first-order valence-electron chi connectivity index (χ1n) is 5.85. The maximum absolute atomic E-state index is 11.7. The first kappa shape index (κ1) is 13.0. The van der Waals surface area contributed by atoms with Crippen LogP contribution in [-0.4, -0.2) is 26.9 Å². The summed E-state index contributed by atoms with van der Waals surface area (Å²) in [4.78, 5) is 13.2. The Balaban J connectivity index is 2.03. The van der Waals surface area contributed by atoms with Crippen LogP contribution in [0.25, 0.3) is 5.69 Å². The van der Waals surface area contributed by atoms with Crippen molar-refractivity contribution in [1.82, 2.24) is 15.0 Å². The molecule has 0 bridgehead atoms. The zero-order valence-electron chi connectivity index (χ0n) is 10.4. The number of aromatic nitrogens is 3. The van der Waals surface area contributed by atoms with Crippen LogP contribution in [0.3, 0.4) is 0 Å². The minimum atomic E-state index is -0.579. The van der Waals surface area contributed by atoms with Crippen LogP contribution in [0.1, 0.15) is 6.42 Å². The Morgan fingerprint density at radius 3 is 2.58 bits per heavy atom. The minimum absolute atomic E-state index is 0.232. The molecule has 0 aliphatic carbocycles. The number of hydrogen-bond donors (Lipinski definition) is 2. The van der Waals surface area contributed by atoms with Crippen LogP contribution in [-0.2, 0) is 4.79 Å². The highest BCUT2D eigenvalue weighted by atomic mass is 16.2. The van der Waals surface area contributed by atoms with E-state index in [2.05, 4.69) is 22.1 Å². The van der Waals surface area contributed by atoms with Crippen molar-refractivity contribution in [3.8, 4) is 5.69 Å². The summed E-state index contributed by atoms with van der Waals surface area (Å²) < 4.78 is 0. The predicted octanol–water partition coefficient (Wildman–Crippen LogP) is 1.11. The second kappa shape index (κ2) is 5.92. The SMILES string of the molecule is C=CCC(N)C(=O)Nc1ccc(-n2nccn2)cc1. The van der Waals surface area contributed by atoms with Gasteiger partial charge in [0.15, 0.2) is 0 Å². The lowest BCUT2D eigenvalue weighted by Gasteiger charge is -2.10. The van der Waals surface area contributed by atoms with Crippen LogP contribution in [0.2, 0.25) is 0 Å². The average molecular weight is 257 g/mol. The van der Waals surface area contributed by atoms with Crippen LogP contribution < -0.4 is 11.1 Å². The fraction of sp³-hybridized carbons (Fsp3) is 0.154. The van der Waals surface area contributed by atoms with E-state index in [1.54, 1.807) is 30.6 Å². The number of rotatable bonds is 5. The number of nitrogens with one attached hydrogen (secondary N) is 1. The molecule has 1 heterocycles. The summed E-state index contributed by atoms with van der Waals surface area (Å²) in [5.74, 6) is -0.232. The lowest BCUT2D eigenvalue weighted by molar-refractivity contribution is -0.117. The van der Waals surface area contributed by atoms with E-state index in [0.29, 0.717) is 12.1 Å². The van der Waals surface area contributed by atoms with Gasteiger partial charge in [-0.15, -0.1) is 6.58 Å². The quantitative estimate of drug-likeness (QED) is 0.786. The van der Waals surface area contributed by atoms with E-state index < -0.39 is 6.04 Å². The van der Waals surface area contributed by atoms with Crippen molar-refractivity contribution in [3.05, 3.63) is 49.3 Å². The summed E-state index contributed by atoms with van der Waals surface area (Å²) in [5.41, 5.74) is 7.17. The van der Waals surface area contributed by atoms with E-state index in [9.17, 15) is 4.79 Å². The van der Waals surface area contributed by atoms with Gasteiger partial charge in [0, 0.05) is 5.69 Å². The Kier molecular flexibility index (Phi) is 4.04. The van der Waals surface area contributed by atoms with Crippen molar-refractivity contribution in [1.29, 1.82) is 0 Å². The number of benzene rings is 1. The zero-order chi connectivity index (χ0) is 13.7. The Bertz CT molecular complexity index is 547. The fourth-order valence-electron chi connectivity index (χ4n) is 1.55. The van der Waals surface area contributed by atoms with Gasteiger partial charge in [0.25, 0.3) is 0 Å². The molecule has 1 unspecified atom stereocenters. The summed E-state index contributed by atoms with van der Waals surface area (Å²) in [7, 11) is 0. The number of hydrogen-bond acceptors (Lipinski definition) is 4. The predicted molar refractivity (Wildman–Crippen MR) is 72.8 cm³/mol. The molecule has 1 aromatic heterocycles. The smallest absolute Gasteiger partial charge is 0.241 e. The summed E-state index contributed by atoms with van der Waals surface area (Å²) in [6.07, 6.45) is 5.27. The van der Waals surface area contributed by atoms with E-state index in [-0.39, 0.29) is 5.91 Å². The molecule has 3 N–H and O–H groups in total. The van der Waals surface area contributed by atoms with Crippen LogP contribution in [0.5, 0.6) is 0 Å². The molecule has 0 spiro atoms. The van der Waals surface area contributed by atoms with Gasteiger partial charge in [-0.1, -0.05) is 6.08 Å². The molecule has 0 aliphatic rings. The van der Waals surface area contributed by atoms with E-state index in [1.165, 1.54) is 4.80 Å². The monoisotopic (exact) mass is 257 g/mol. The highest BCUT2D eigenvalue weighted by molar-refractivity contribution is 5.94. The van der Waals surface area contributed by atoms with Crippen LogP contribution >= 0.6 is 0 Å². The first-order valence-corrected chi connectivity index (χ1v) is 5.85. The van der Waals surface area contributed by atoms with Gasteiger partial charge in [0.1, 0.15) is 0 Å². The highest BCUT2D eigenvalue weighted by Gasteiger charge is 2.11. The van der Waals surface area contributed by atoms with Crippen molar-refractivity contribution < 1.29 is 4.79 Å². The maximum Gasteiger partial charge on any atom is 0.241 e. The zero-order valence-corrected chi connectivity index (χ0v) is 10.4. The molecule has 6 nitrogen and oxygen atoms in total. The van der Waals surface area contributed by atoms with Crippen molar-refractivity contribution >= 4 is 11.6 Å². The van der Waals surface area contributed by atoms with Gasteiger partial charge < -0.3 is 11.1 Å². The summed E-state index contributed by atoms with van der Waals surface area (Å²) in [6.45, 7) is 3.55. The van der Waals surface area contributed by atoms with E-state index in [4.69, 9.17) is 5.73 Å². The standard InChI is InChI=1S/C13H15N5O/c1-2-3-12(14)13(19)17-10-4-6-11(7-5-10)18-15-8-9-16-18/h2,4-9,12H,1,3,14H2,(H,17,19). The fourth-order valence-corrected chi connectivity index (χ4v) is 1.55. The largest absolute Gasteiger partial charge is 0.325 e. The van der Waals surface area contributed by atoms with Crippen LogP contribution in [0.15, 0.2) is 49.3 Å². The van der Waals surface area contributed by atoms with Crippen molar-refractivity contribution in [2.24, 2.45) is 5.73 Å². The third kappa shape index (κ3) is 3.26. The molecule has 98 valence electrons. The summed E-state index contributed by atoms with van der Waals surface area (Å²) in [5, 5.41) is 10.8. The molecule has 2 rings (SSSR count). The second-order valence-corrected chi connectivity index (χ2v) is 3.99. The van der Waals surface area contributed by atoms with Gasteiger partial charge in [0.05, 0.1) is 24.1 Å². The lowest BCUT2D eigenvalue weighted by atomic mass is 10.2. The first-order chi connectivity index (χ1) is 9.20. The van der Waals surface area contributed by atoms with Crippen LogP contribution in [0.4, 0.5) is 5.69 Å². The Labute approximate surface area is 110 Å². The molecule has 0 saturated carbocycles. The Hall–Kier alpha value is -2.47. The third-order valence-corrected chi connectivity index (χ3v) is 2.54. The van der Waals surface area contributed by atoms with E-state index in [0.717, 1.165) is 5.69 Å².